The fraction of sp³-hybridized carbons (Fsp3) is 0.667. The molecule has 1 atom stereocenters. The minimum Gasteiger partial charge on any atom is -1.00 e. The van der Waals surface area contributed by atoms with Gasteiger partial charge in [-0.15, -0.1) is 0 Å². The average molecular weight is 190 g/mol. The van der Waals surface area contributed by atoms with E-state index in [0.717, 1.165) is 6.92 Å². The van der Waals surface area contributed by atoms with Crippen molar-refractivity contribution in [1.82, 2.24) is 0 Å². The standard InChI is InChI=1S/C3H5O3.Al.ClH.Na.H2O/c1-2(4)3(5)6;;;;/h2H,1H3,(H,5,6);;1H;;1H2/q-1;+3;;+1;/p-3. The summed E-state index contributed by atoms with van der Waals surface area (Å²) in [7, 11) is 0. The van der Waals surface area contributed by atoms with E-state index in [1.807, 2.05) is 0 Å². The molecule has 0 aromatic heterocycles. The van der Waals surface area contributed by atoms with Crippen molar-refractivity contribution in [2.75, 3.05) is 0 Å². The SMILES string of the molecule is CC([O-])C(=O)[O-].[Al+3].[Cl-].[Na+].[OH-]. The molecule has 1 N–H and O–H groups in total. The topological polar surface area (TPSA) is 93.2 Å². The van der Waals surface area contributed by atoms with Crippen molar-refractivity contribution in [3.63, 3.8) is 0 Å². The Hall–Kier alpha value is 1.21. The largest absolute Gasteiger partial charge is 3.00 e. The first-order valence-electron chi connectivity index (χ1n) is 1.51. The number of hydrogen-bond donors (Lipinski definition) is 0. The second-order valence-corrected chi connectivity index (χ2v) is 0.961. The van der Waals surface area contributed by atoms with Crippen molar-refractivity contribution < 1.29 is 62.4 Å². The van der Waals surface area contributed by atoms with Crippen LogP contribution in [0.1, 0.15) is 6.92 Å². The number of rotatable bonds is 1. The number of aliphatic carboxylic acids is 1. The Labute approximate surface area is 98.1 Å². The van der Waals surface area contributed by atoms with Gasteiger partial charge in [0.05, 0.1) is 0 Å². The van der Waals surface area contributed by atoms with Gasteiger partial charge in [-0.05, 0) is 0 Å². The van der Waals surface area contributed by atoms with Gasteiger partial charge in [-0.3, -0.25) is 0 Å². The molecule has 0 aromatic carbocycles. The van der Waals surface area contributed by atoms with Crippen LogP contribution in [0.3, 0.4) is 0 Å². The summed E-state index contributed by atoms with van der Waals surface area (Å²) >= 11 is 0. The molecule has 0 spiro atoms. The number of carbonyl (C=O) groups excluding carboxylic acids is 1. The first kappa shape index (κ1) is 30.3. The predicted octanol–water partition coefficient (Wildman–Crippen LogP) is -9.06. The van der Waals surface area contributed by atoms with E-state index >= 15 is 0 Å². The number of carboxylic acid groups (broad SMARTS) is 1. The number of halogens is 1. The third kappa shape index (κ3) is 22.9. The summed E-state index contributed by atoms with van der Waals surface area (Å²) in [6.07, 6.45) is -1.59. The van der Waals surface area contributed by atoms with Crippen molar-refractivity contribution in [3.05, 3.63) is 0 Å². The molecule has 0 saturated carbocycles. The Morgan fingerprint density at radius 2 is 1.60 bits per heavy atom. The fourth-order valence-electron chi connectivity index (χ4n) is 0. The molecule has 0 aliphatic carbocycles. The van der Waals surface area contributed by atoms with Gasteiger partial charge in [0.1, 0.15) is 0 Å². The zero-order valence-corrected chi connectivity index (χ0v) is 9.62. The maximum Gasteiger partial charge on any atom is 3.00 e. The predicted molar refractivity (Wildman–Crippen MR) is 22.2 cm³/mol. The molecule has 10 heavy (non-hydrogen) atoms. The van der Waals surface area contributed by atoms with Crippen molar-refractivity contribution >= 4 is 23.3 Å². The summed E-state index contributed by atoms with van der Waals surface area (Å²) in [5.41, 5.74) is 0. The average Bonchev–Trinajstić information content (AvgIpc) is 1.36. The Kier molecular flexibility index (Phi) is 50.5. The first-order chi connectivity index (χ1) is 2.64. The quantitative estimate of drug-likeness (QED) is 0.384. The van der Waals surface area contributed by atoms with Crippen LogP contribution in [0.25, 0.3) is 0 Å². The van der Waals surface area contributed by atoms with Crippen LogP contribution in [0.2, 0.25) is 0 Å². The molecule has 0 bridgehead atoms. The van der Waals surface area contributed by atoms with E-state index in [-0.39, 0.29) is 64.8 Å². The van der Waals surface area contributed by atoms with Crippen LogP contribution in [0, 0.1) is 0 Å². The van der Waals surface area contributed by atoms with Crippen molar-refractivity contribution in [1.29, 1.82) is 0 Å². The molecule has 1 unspecified atom stereocenters. The van der Waals surface area contributed by atoms with Crippen LogP contribution in [0.5, 0.6) is 0 Å². The molecule has 4 nitrogen and oxygen atoms in total. The smallest absolute Gasteiger partial charge is 1.00 e. The van der Waals surface area contributed by atoms with Crippen LogP contribution >= 0.6 is 0 Å². The summed E-state index contributed by atoms with van der Waals surface area (Å²) in [6.45, 7) is 1.02. The van der Waals surface area contributed by atoms with Gasteiger partial charge in [0.2, 0.25) is 0 Å². The number of hydrogen-bond acceptors (Lipinski definition) is 4. The molecule has 0 aliphatic heterocycles. The van der Waals surface area contributed by atoms with Gasteiger partial charge in [-0.1, -0.05) is 13.0 Å². The summed E-state index contributed by atoms with van der Waals surface area (Å²) in [5, 5.41) is 18.8. The van der Waals surface area contributed by atoms with E-state index < -0.39 is 12.1 Å². The van der Waals surface area contributed by atoms with Gasteiger partial charge in [0, 0.05) is 5.97 Å². The van der Waals surface area contributed by atoms with E-state index in [9.17, 15) is 15.0 Å². The van der Waals surface area contributed by atoms with Crippen molar-refractivity contribution in [2.24, 2.45) is 0 Å². The van der Waals surface area contributed by atoms with Crippen LogP contribution in [0.15, 0.2) is 0 Å². The Morgan fingerprint density at radius 1 is 1.50 bits per heavy atom. The second-order valence-electron chi connectivity index (χ2n) is 0.961. The Bertz CT molecular complexity index is 71.5. The summed E-state index contributed by atoms with van der Waals surface area (Å²) < 4.78 is 0. The Morgan fingerprint density at radius 3 is 1.60 bits per heavy atom. The van der Waals surface area contributed by atoms with Gasteiger partial charge in [-0.2, -0.15) is 0 Å². The molecule has 0 rings (SSSR count). The molecule has 0 aliphatic rings. The van der Waals surface area contributed by atoms with Crippen LogP contribution in [-0.2, 0) is 4.79 Å². The molecule has 52 valence electrons. The van der Waals surface area contributed by atoms with E-state index in [0.29, 0.717) is 0 Å². The number of carbonyl (C=O) groups is 1. The molecule has 0 heterocycles. The normalized spacial score (nSPS) is 8.20. The molecule has 0 radical (unpaired) electrons. The van der Waals surface area contributed by atoms with Crippen LogP contribution in [-0.4, -0.2) is 34.9 Å². The molecule has 0 saturated heterocycles. The van der Waals surface area contributed by atoms with Gasteiger partial charge in [-0.25, -0.2) is 0 Å². The molecular formula is C3H5AlClNaO4. The summed E-state index contributed by atoms with van der Waals surface area (Å²) in [6, 6.07) is 0. The summed E-state index contributed by atoms with van der Waals surface area (Å²) in [4.78, 5) is 9.28. The minimum absolute atomic E-state index is 0. The van der Waals surface area contributed by atoms with E-state index in [1.54, 1.807) is 0 Å². The third-order valence-electron chi connectivity index (χ3n) is 0.332. The Balaban J connectivity index is -0.0000000208. The zero-order valence-electron chi connectivity index (χ0n) is 5.70. The summed E-state index contributed by atoms with van der Waals surface area (Å²) in [5.74, 6) is -1.55. The van der Waals surface area contributed by atoms with Crippen molar-refractivity contribution in [3.8, 4) is 0 Å². The second kappa shape index (κ2) is 16.7. The van der Waals surface area contributed by atoms with Crippen molar-refractivity contribution in [2.45, 2.75) is 13.0 Å². The number of carboxylic acids is 1. The molecule has 7 heteroatoms. The zero-order chi connectivity index (χ0) is 5.15. The van der Waals surface area contributed by atoms with E-state index in [4.69, 9.17) is 0 Å². The van der Waals surface area contributed by atoms with E-state index in [2.05, 4.69) is 0 Å². The van der Waals surface area contributed by atoms with Gasteiger partial charge >= 0.3 is 46.9 Å². The third-order valence-corrected chi connectivity index (χ3v) is 0.332. The van der Waals surface area contributed by atoms with Crippen LogP contribution < -0.4 is 52.2 Å². The first-order valence-corrected chi connectivity index (χ1v) is 1.51. The maximum absolute atomic E-state index is 9.56. The molecule has 0 amide bonds. The minimum atomic E-state index is -1.59. The van der Waals surface area contributed by atoms with E-state index in [1.165, 1.54) is 0 Å². The van der Waals surface area contributed by atoms with Gasteiger partial charge in [0.25, 0.3) is 0 Å². The van der Waals surface area contributed by atoms with Crippen LogP contribution in [0.4, 0.5) is 0 Å². The monoisotopic (exact) mass is 190 g/mol. The van der Waals surface area contributed by atoms with Gasteiger partial charge < -0.3 is 32.9 Å². The van der Waals surface area contributed by atoms with Gasteiger partial charge in [0.15, 0.2) is 0 Å². The maximum atomic E-state index is 9.56. The molecular weight excluding hydrogens is 185 g/mol. The molecule has 0 aromatic rings. The fourth-order valence-corrected chi connectivity index (χ4v) is 0. The molecule has 0 fully saturated rings.